The topological polar surface area (TPSA) is 46.6 Å². The molecule has 1 saturated heterocycles. The largest absolute Gasteiger partial charge is 0.444 e. The number of hydrogen-bond donors (Lipinski definition) is 0. The molecule has 0 atom stereocenters. The average Bonchev–Trinajstić information content (AvgIpc) is 2.15. The predicted octanol–water partition coefficient (Wildman–Crippen LogP) is 2.69. The fourth-order valence-corrected chi connectivity index (χ4v) is 2.11. The minimum Gasteiger partial charge on any atom is -0.444 e. The van der Waals surface area contributed by atoms with Gasteiger partial charge in [-0.1, -0.05) is 0 Å². The molecular weight excluding hydrogens is 340 g/mol. The number of halogens is 2. The highest BCUT2D eigenvalue weighted by Crippen LogP contribution is 2.30. The van der Waals surface area contributed by atoms with Gasteiger partial charge in [-0.2, -0.15) is 0 Å². The van der Waals surface area contributed by atoms with Crippen LogP contribution in [0.3, 0.4) is 0 Å². The number of nitrogens with zero attached hydrogens (tertiary/aromatic N) is 1. The maximum Gasteiger partial charge on any atom is 0.410 e. The molecule has 6 heteroatoms. The van der Waals surface area contributed by atoms with Gasteiger partial charge in [-0.15, -0.1) is 0 Å². The molecule has 4 nitrogen and oxygen atoms in total. The zero-order valence-electron chi connectivity index (χ0n) is 10.3. The highest BCUT2D eigenvalue weighted by Gasteiger charge is 2.41. The Balaban J connectivity index is 2.53. The molecule has 1 heterocycles. The number of carbonyl (C=O) groups excluding carboxylic acids is 2. The van der Waals surface area contributed by atoms with Crippen molar-refractivity contribution >= 4 is 32.5 Å². The van der Waals surface area contributed by atoms with Crippen LogP contribution >= 0.6 is 22.6 Å². The van der Waals surface area contributed by atoms with E-state index >= 15 is 0 Å². The summed E-state index contributed by atoms with van der Waals surface area (Å²) < 4.78 is 18.6. The highest BCUT2D eigenvalue weighted by molar-refractivity contribution is 14.1. The molecule has 1 fully saturated rings. The number of rotatable bonds is 1. The monoisotopic (exact) mass is 357 g/mol. The van der Waals surface area contributed by atoms with E-state index in [-0.39, 0.29) is 25.9 Å². The first-order valence-corrected chi connectivity index (χ1v) is 6.59. The Morgan fingerprint density at radius 3 is 2.12 bits per heavy atom. The number of likely N-dealkylation sites (tertiary alicyclic amines) is 1. The molecule has 0 spiro atoms. The van der Waals surface area contributed by atoms with E-state index < -0.39 is 21.2 Å². The second-order valence-electron chi connectivity index (χ2n) is 5.21. The van der Waals surface area contributed by atoms with Gasteiger partial charge in [-0.05, 0) is 20.8 Å². The average molecular weight is 357 g/mol. The molecule has 1 rings (SSSR count). The zero-order valence-corrected chi connectivity index (χ0v) is 12.4. The van der Waals surface area contributed by atoms with E-state index in [1.54, 1.807) is 20.8 Å². The Morgan fingerprint density at radius 2 is 1.76 bits per heavy atom. The van der Waals surface area contributed by atoms with Crippen molar-refractivity contribution in [3.05, 3.63) is 0 Å². The van der Waals surface area contributed by atoms with Crippen molar-refractivity contribution in [2.24, 2.45) is 0 Å². The standard InChI is InChI=1S/C11H17FINO3/c1-10(2,3)17-9(16)14-6-4-11(12,5-7-14)8(13)15/h4-7H2,1-3H3. The van der Waals surface area contributed by atoms with Crippen LogP contribution in [0.1, 0.15) is 33.6 Å². The predicted molar refractivity (Wildman–Crippen MR) is 69.9 cm³/mol. The smallest absolute Gasteiger partial charge is 0.410 e. The van der Waals surface area contributed by atoms with E-state index in [1.807, 2.05) is 0 Å². The number of piperidine rings is 1. The second kappa shape index (κ2) is 5.07. The van der Waals surface area contributed by atoms with Crippen LogP contribution in [0, 0.1) is 0 Å². The number of amides is 1. The first-order valence-electron chi connectivity index (χ1n) is 5.51. The van der Waals surface area contributed by atoms with Gasteiger partial charge >= 0.3 is 6.09 Å². The molecule has 0 aromatic rings. The van der Waals surface area contributed by atoms with Gasteiger partial charge in [0.1, 0.15) is 5.60 Å². The third-order valence-electron chi connectivity index (χ3n) is 2.56. The maximum absolute atomic E-state index is 13.9. The molecular formula is C11H17FINO3. The summed E-state index contributed by atoms with van der Waals surface area (Å²) in [4.78, 5) is 24.2. The Morgan fingerprint density at radius 1 is 1.29 bits per heavy atom. The summed E-state index contributed by atoms with van der Waals surface area (Å²) >= 11 is 1.48. The molecule has 0 unspecified atom stereocenters. The van der Waals surface area contributed by atoms with Gasteiger partial charge in [0.05, 0.1) is 0 Å². The van der Waals surface area contributed by atoms with Crippen LogP contribution in [0.5, 0.6) is 0 Å². The molecule has 17 heavy (non-hydrogen) atoms. The number of alkyl halides is 1. The summed E-state index contributed by atoms with van der Waals surface area (Å²) in [5.74, 6) is 0. The van der Waals surface area contributed by atoms with E-state index in [2.05, 4.69) is 0 Å². The fraction of sp³-hybridized carbons (Fsp3) is 0.818. The Labute approximate surface area is 114 Å². The molecule has 1 aliphatic rings. The minimum atomic E-state index is -1.78. The van der Waals surface area contributed by atoms with Gasteiger partial charge in [0, 0.05) is 48.5 Å². The minimum absolute atomic E-state index is 0.0496. The summed E-state index contributed by atoms with van der Waals surface area (Å²) in [7, 11) is 0. The summed E-state index contributed by atoms with van der Waals surface area (Å²) in [6.07, 6.45) is -0.345. The molecule has 1 amide bonds. The van der Waals surface area contributed by atoms with Gasteiger partial charge in [0.15, 0.2) is 5.67 Å². The van der Waals surface area contributed by atoms with Gasteiger partial charge in [0.25, 0.3) is 0 Å². The molecule has 98 valence electrons. The first-order chi connectivity index (χ1) is 7.64. The van der Waals surface area contributed by atoms with Crippen LogP contribution in [-0.2, 0) is 9.53 Å². The molecule has 1 aliphatic heterocycles. The fourth-order valence-electron chi connectivity index (χ4n) is 1.57. The summed E-state index contributed by atoms with van der Waals surface area (Å²) in [6, 6.07) is 0. The van der Waals surface area contributed by atoms with Crippen LogP contribution in [-0.4, -0.2) is 39.1 Å². The van der Waals surface area contributed by atoms with E-state index in [4.69, 9.17) is 4.74 Å². The molecule has 0 saturated carbocycles. The van der Waals surface area contributed by atoms with Crippen LogP contribution in [0.4, 0.5) is 9.18 Å². The molecule has 0 aromatic carbocycles. The van der Waals surface area contributed by atoms with Crippen molar-refractivity contribution in [2.45, 2.75) is 44.9 Å². The van der Waals surface area contributed by atoms with E-state index in [1.165, 1.54) is 27.5 Å². The van der Waals surface area contributed by atoms with E-state index in [0.717, 1.165) is 0 Å². The SMILES string of the molecule is CC(C)(C)OC(=O)N1CCC(F)(C(=O)I)CC1. The molecule has 0 bridgehead atoms. The number of hydrogen-bond acceptors (Lipinski definition) is 3. The summed E-state index contributed by atoms with van der Waals surface area (Å²) in [6.45, 7) is 5.79. The maximum atomic E-state index is 13.9. The van der Waals surface area contributed by atoms with Crippen molar-refractivity contribution in [1.29, 1.82) is 0 Å². The molecule has 0 radical (unpaired) electrons. The lowest BCUT2D eigenvalue weighted by Crippen LogP contribution is -2.48. The van der Waals surface area contributed by atoms with Gasteiger partial charge in [-0.3, -0.25) is 4.79 Å². The zero-order chi connectivity index (χ0) is 13.3. The Hall–Kier alpha value is -0.400. The number of carbonyl (C=O) groups is 2. The van der Waals surface area contributed by atoms with Crippen LogP contribution < -0.4 is 0 Å². The van der Waals surface area contributed by atoms with Gasteiger partial charge in [-0.25, -0.2) is 9.18 Å². The summed E-state index contributed by atoms with van der Waals surface area (Å²) in [5, 5.41) is 0. The first kappa shape index (κ1) is 14.7. The molecule has 0 aromatic heterocycles. The molecule has 0 aliphatic carbocycles. The summed E-state index contributed by atoms with van der Waals surface area (Å²) in [5.41, 5.74) is -2.33. The van der Waals surface area contributed by atoms with Gasteiger partial charge in [0.2, 0.25) is 3.79 Å². The second-order valence-corrected chi connectivity index (χ2v) is 6.19. The van der Waals surface area contributed by atoms with Crippen molar-refractivity contribution < 1.29 is 18.7 Å². The lowest BCUT2D eigenvalue weighted by atomic mass is 9.95. The lowest BCUT2D eigenvalue weighted by Gasteiger charge is -2.35. The van der Waals surface area contributed by atoms with E-state index in [9.17, 15) is 14.0 Å². The normalized spacial score (nSPS) is 19.9. The van der Waals surface area contributed by atoms with Crippen molar-refractivity contribution in [3.8, 4) is 0 Å². The van der Waals surface area contributed by atoms with Crippen LogP contribution in [0.2, 0.25) is 0 Å². The number of ether oxygens (including phenoxy) is 1. The quantitative estimate of drug-likeness (QED) is 0.536. The van der Waals surface area contributed by atoms with Crippen LogP contribution in [0.25, 0.3) is 0 Å². The van der Waals surface area contributed by atoms with Crippen molar-refractivity contribution in [3.63, 3.8) is 0 Å². The molecule has 0 N–H and O–H groups in total. The highest BCUT2D eigenvalue weighted by atomic mass is 127. The van der Waals surface area contributed by atoms with Crippen molar-refractivity contribution in [1.82, 2.24) is 4.90 Å². The third-order valence-corrected chi connectivity index (χ3v) is 3.53. The lowest BCUT2D eigenvalue weighted by molar-refractivity contribution is -0.122. The Kier molecular flexibility index (Phi) is 4.38. The Bertz CT molecular complexity index is 319. The van der Waals surface area contributed by atoms with E-state index in [0.29, 0.717) is 0 Å². The third kappa shape index (κ3) is 4.08. The van der Waals surface area contributed by atoms with Crippen LogP contribution in [0.15, 0.2) is 0 Å². The van der Waals surface area contributed by atoms with Gasteiger partial charge < -0.3 is 9.64 Å². The van der Waals surface area contributed by atoms with Crippen molar-refractivity contribution in [2.75, 3.05) is 13.1 Å².